The topological polar surface area (TPSA) is 65.7 Å². The molecule has 3 heterocycles. The summed E-state index contributed by atoms with van der Waals surface area (Å²) in [4.78, 5) is 22.2. The maximum absolute atomic E-state index is 12.6. The van der Waals surface area contributed by atoms with Gasteiger partial charge < -0.3 is 9.47 Å². The lowest BCUT2D eigenvalue weighted by Gasteiger charge is -2.14. The van der Waals surface area contributed by atoms with E-state index in [4.69, 9.17) is 9.47 Å². The summed E-state index contributed by atoms with van der Waals surface area (Å²) in [6, 6.07) is 9.52. The Labute approximate surface area is 180 Å². The third-order valence-electron chi connectivity index (χ3n) is 4.39. The first-order chi connectivity index (χ1) is 14.2. The summed E-state index contributed by atoms with van der Waals surface area (Å²) >= 11 is 5.01. The molecule has 0 spiro atoms. The standard InChI is InChI=1S/C21H20BrN3O3S/c1-2-27-17-11-14(12-18-20(26)25-9-5-8-24-21(25)29-18)10-16(22)19(17)28-13-15-6-3-4-7-23-15/h3-4,6-7,10-12H,2,5,8-9,13H2,1H3/b18-12-. The molecular weight excluding hydrogens is 454 g/mol. The molecule has 0 amide bonds. The van der Waals surface area contributed by atoms with Crippen molar-refractivity contribution in [2.75, 3.05) is 13.2 Å². The van der Waals surface area contributed by atoms with Crippen molar-refractivity contribution >= 4 is 33.3 Å². The summed E-state index contributed by atoms with van der Waals surface area (Å²) in [5.41, 5.74) is 1.71. The minimum absolute atomic E-state index is 0.0120. The normalized spacial score (nSPS) is 13.7. The summed E-state index contributed by atoms with van der Waals surface area (Å²) in [6.45, 7) is 4.28. The molecule has 0 radical (unpaired) electrons. The highest BCUT2D eigenvalue weighted by atomic mass is 79.9. The molecule has 29 heavy (non-hydrogen) atoms. The average Bonchev–Trinajstić information content (AvgIpc) is 3.04. The van der Waals surface area contributed by atoms with E-state index in [1.807, 2.05) is 43.3 Å². The highest BCUT2D eigenvalue weighted by Crippen LogP contribution is 2.37. The molecule has 2 aromatic heterocycles. The number of rotatable bonds is 6. The van der Waals surface area contributed by atoms with Crippen LogP contribution in [0.25, 0.3) is 6.08 Å². The summed E-state index contributed by atoms with van der Waals surface area (Å²) < 4.78 is 15.0. The Hall–Kier alpha value is -2.45. The number of thiazole rings is 1. The number of hydrogen-bond acceptors (Lipinski definition) is 6. The van der Waals surface area contributed by atoms with Crippen LogP contribution in [0.1, 0.15) is 24.6 Å². The molecule has 4 rings (SSSR count). The Morgan fingerprint density at radius 1 is 1.31 bits per heavy atom. The van der Waals surface area contributed by atoms with Crippen molar-refractivity contribution in [3.8, 4) is 11.5 Å². The van der Waals surface area contributed by atoms with E-state index in [1.54, 1.807) is 10.8 Å². The second-order valence-corrected chi connectivity index (χ2v) is 8.32. The Bertz CT molecular complexity index is 1190. The van der Waals surface area contributed by atoms with E-state index in [9.17, 15) is 4.79 Å². The SMILES string of the molecule is CCOc1cc(/C=c2\sc3n(c2=O)CCCN=3)cc(Br)c1OCc1ccccn1. The van der Waals surface area contributed by atoms with Crippen LogP contribution >= 0.6 is 27.3 Å². The maximum atomic E-state index is 12.6. The molecular formula is C21H20BrN3O3S. The van der Waals surface area contributed by atoms with Crippen LogP contribution in [-0.4, -0.2) is 22.7 Å². The van der Waals surface area contributed by atoms with Gasteiger partial charge in [-0.2, -0.15) is 0 Å². The van der Waals surface area contributed by atoms with Crippen LogP contribution in [0.4, 0.5) is 0 Å². The van der Waals surface area contributed by atoms with Crippen LogP contribution in [-0.2, 0) is 13.2 Å². The molecule has 1 aromatic carbocycles. The number of aromatic nitrogens is 2. The first kappa shape index (κ1) is 19.8. The fourth-order valence-electron chi connectivity index (χ4n) is 3.08. The number of ether oxygens (including phenoxy) is 2. The number of fused-ring (bicyclic) bond motifs is 1. The minimum Gasteiger partial charge on any atom is -0.490 e. The van der Waals surface area contributed by atoms with E-state index in [-0.39, 0.29) is 5.56 Å². The Morgan fingerprint density at radius 3 is 2.97 bits per heavy atom. The number of hydrogen-bond donors (Lipinski definition) is 0. The zero-order valence-corrected chi connectivity index (χ0v) is 18.3. The fraction of sp³-hybridized carbons (Fsp3) is 0.286. The molecule has 150 valence electrons. The van der Waals surface area contributed by atoms with Gasteiger partial charge in [0, 0.05) is 19.3 Å². The summed E-state index contributed by atoms with van der Waals surface area (Å²) in [7, 11) is 0. The van der Waals surface area contributed by atoms with Gasteiger partial charge in [0.2, 0.25) is 0 Å². The Balaban J connectivity index is 1.69. The van der Waals surface area contributed by atoms with Gasteiger partial charge in [0.25, 0.3) is 5.56 Å². The lowest BCUT2D eigenvalue weighted by molar-refractivity contribution is 0.265. The number of nitrogens with zero attached hydrogens (tertiary/aromatic N) is 3. The maximum Gasteiger partial charge on any atom is 0.270 e. The monoisotopic (exact) mass is 473 g/mol. The van der Waals surface area contributed by atoms with E-state index < -0.39 is 0 Å². The Kier molecular flexibility index (Phi) is 6.10. The van der Waals surface area contributed by atoms with Gasteiger partial charge in [0.05, 0.1) is 21.3 Å². The lowest BCUT2D eigenvalue weighted by Crippen LogP contribution is -2.33. The van der Waals surface area contributed by atoms with Crippen molar-refractivity contribution < 1.29 is 9.47 Å². The van der Waals surface area contributed by atoms with Crippen LogP contribution in [0.5, 0.6) is 11.5 Å². The highest BCUT2D eigenvalue weighted by molar-refractivity contribution is 9.10. The molecule has 0 aliphatic carbocycles. The molecule has 1 aliphatic heterocycles. The van der Waals surface area contributed by atoms with Gasteiger partial charge in [0.1, 0.15) is 6.61 Å². The predicted octanol–water partition coefficient (Wildman–Crippen LogP) is 2.90. The number of halogens is 1. The van der Waals surface area contributed by atoms with Crippen molar-refractivity contribution in [3.05, 3.63) is 71.9 Å². The molecule has 0 saturated heterocycles. The summed E-state index contributed by atoms with van der Waals surface area (Å²) in [5, 5.41) is 0. The van der Waals surface area contributed by atoms with Gasteiger partial charge in [-0.1, -0.05) is 17.4 Å². The van der Waals surface area contributed by atoms with Crippen LogP contribution in [0, 0.1) is 0 Å². The molecule has 1 aliphatic rings. The summed E-state index contributed by atoms with van der Waals surface area (Å²) in [5.74, 6) is 1.24. The largest absolute Gasteiger partial charge is 0.490 e. The van der Waals surface area contributed by atoms with E-state index in [2.05, 4.69) is 25.9 Å². The molecule has 0 atom stereocenters. The van der Waals surface area contributed by atoms with Gasteiger partial charge in [-0.15, -0.1) is 0 Å². The number of benzene rings is 1. The first-order valence-electron chi connectivity index (χ1n) is 9.40. The van der Waals surface area contributed by atoms with Crippen LogP contribution in [0.3, 0.4) is 0 Å². The van der Waals surface area contributed by atoms with E-state index in [0.29, 0.717) is 29.2 Å². The predicted molar refractivity (Wildman–Crippen MR) is 116 cm³/mol. The van der Waals surface area contributed by atoms with Crippen molar-refractivity contribution in [2.45, 2.75) is 26.5 Å². The average molecular weight is 474 g/mol. The molecule has 6 nitrogen and oxygen atoms in total. The van der Waals surface area contributed by atoms with E-state index in [1.165, 1.54) is 11.3 Å². The van der Waals surface area contributed by atoms with E-state index in [0.717, 1.165) is 40.0 Å². The van der Waals surface area contributed by atoms with Crippen molar-refractivity contribution in [2.24, 2.45) is 4.99 Å². The Morgan fingerprint density at radius 2 is 2.21 bits per heavy atom. The fourth-order valence-corrected chi connectivity index (χ4v) is 4.69. The van der Waals surface area contributed by atoms with Crippen LogP contribution in [0.2, 0.25) is 0 Å². The van der Waals surface area contributed by atoms with E-state index >= 15 is 0 Å². The lowest BCUT2D eigenvalue weighted by atomic mass is 10.2. The zero-order chi connectivity index (χ0) is 20.2. The van der Waals surface area contributed by atoms with Gasteiger partial charge >= 0.3 is 0 Å². The minimum atomic E-state index is 0.0120. The first-order valence-corrected chi connectivity index (χ1v) is 11.0. The molecule has 0 unspecified atom stereocenters. The van der Waals surface area contributed by atoms with Gasteiger partial charge in [-0.25, -0.2) is 0 Å². The molecule has 0 fully saturated rings. The molecule has 3 aromatic rings. The number of pyridine rings is 1. The molecule has 8 heteroatoms. The van der Waals surface area contributed by atoms with Gasteiger partial charge in [-0.05, 0) is 65.2 Å². The second kappa shape index (κ2) is 8.92. The third kappa shape index (κ3) is 4.43. The summed E-state index contributed by atoms with van der Waals surface area (Å²) in [6.07, 6.45) is 4.52. The van der Waals surface area contributed by atoms with Gasteiger partial charge in [-0.3, -0.25) is 19.3 Å². The van der Waals surface area contributed by atoms with Crippen LogP contribution in [0.15, 0.2) is 50.8 Å². The molecule has 0 saturated carbocycles. The molecule has 0 bridgehead atoms. The third-order valence-corrected chi connectivity index (χ3v) is 6.03. The van der Waals surface area contributed by atoms with Crippen molar-refractivity contribution in [3.63, 3.8) is 0 Å². The van der Waals surface area contributed by atoms with Crippen molar-refractivity contribution in [1.29, 1.82) is 0 Å². The molecule has 0 N–H and O–H groups in total. The van der Waals surface area contributed by atoms with Gasteiger partial charge in [0.15, 0.2) is 16.3 Å². The highest BCUT2D eigenvalue weighted by Gasteiger charge is 2.14. The van der Waals surface area contributed by atoms with Crippen LogP contribution < -0.4 is 24.4 Å². The van der Waals surface area contributed by atoms with Crippen molar-refractivity contribution in [1.82, 2.24) is 9.55 Å². The second-order valence-electron chi connectivity index (χ2n) is 6.46. The smallest absolute Gasteiger partial charge is 0.270 e. The quantitative estimate of drug-likeness (QED) is 0.551. The zero-order valence-electron chi connectivity index (χ0n) is 15.9.